The van der Waals surface area contributed by atoms with E-state index >= 15 is 0 Å². The summed E-state index contributed by atoms with van der Waals surface area (Å²) in [5.74, 6) is 0.220. The van der Waals surface area contributed by atoms with E-state index in [1.54, 1.807) is 29.2 Å². The number of hydrogen-bond donors (Lipinski definition) is 1. The quantitative estimate of drug-likeness (QED) is 0.827. The van der Waals surface area contributed by atoms with Crippen LogP contribution in [0.1, 0.15) is 5.56 Å². The summed E-state index contributed by atoms with van der Waals surface area (Å²) in [6.07, 6.45) is 0. The van der Waals surface area contributed by atoms with Gasteiger partial charge < -0.3 is 15.0 Å². The van der Waals surface area contributed by atoms with Crippen molar-refractivity contribution in [1.29, 1.82) is 5.26 Å². The van der Waals surface area contributed by atoms with Crippen LogP contribution in [0.3, 0.4) is 0 Å². The minimum atomic E-state index is -0.124. The van der Waals surface area contributed by atoms with Crippen molar-refractivity contribution in [2.75, 3.05) is 44.6 Å². The van der Waals surface area contributed by atoms with Crippen molar-refractivity contribution >= 4 is 17.5 Å². The number of carbonyl (C=O) groups excluding carboxylic acids is 2. The number of nitriles is 1. The zero-order chi connectivity index (χ0) is 19.8. The Balaban J connectivity index is 1.41. The number of amides is 2. The molecule has 0 spiro atoms. The first kappa shape index (κ1) is 19.4. The van der Waals surface area contributed by atoms with Gasteiger partial charge in [-0.25, -0.2) is 0 Å². The van der Waals surface area contributed by atoms with Crippen LogP contribution in [0.5, 0.6) is 5.75 Å². The van der Waals surface area contributed by atoms with E-state index in [1.165, 1.54) is 0 Å². The molecule has 2 aromatic carbocycles. The van der Waals surface area contributed by atoms with Crippen LogP contribution in [0, 0.1) is 11.3 Å². The molecule has 1 saturated heterocycles. The summed E-state index contributed by atoms with van der Waals surface area (Å²) in [5.41, 5.74) is 1.18. The molecule has 28 heavy (non-hydrogen) atoms. The van der Waals surface area contributed by atoms with Gasteiger partial charge in [0.2, 0.25) is 5.91 Å². The first-order valence-corrected chi connectivity index (χ1v) is 9.12. The van der Waals surface area contributed by atoms with Gasteiger partial charge in [0.1, 0.15) is 11.8 Å². The number of rotatable bonds is 6. The summed E-state index contributed by atoms with van der Waals surface area (Å²) in [4.78, 5) is 28.2. The predicted octanol–water partition coefficient (Wildman–Crippen LogP) is 1.72. The average Bonchev–Trinajstić information content (AvgIpc) is 2.73. The summed E-state index contributed by atoms with van der Waals surface area (Å²) < 4.78 is 5.51. The van der Waals surface area contributed by atoms with Gasteiger partial charge in [-0.1, -0.05) is 30.3 Å². The Morgan fingerprint density at radius 1 is 1.00 bits per heavy atom. The molecule has 2 aromatic rings. The van der Waals surface area contributed by atoms with E-state index in [9.17, 15) is 9.59 Å². The lowest BCUT2D eigenvalue weighted by Crippen LogP contribution is -2.51. The van der Waals surface area contributed by atoms with Crippen LogP contribution >= 0.6 is 0 Å². The van der Waals surface area contributed by atoms with Gasteiger partial charge in [-0.05, 0) is 24.3 Å². The van der Waals surface area contributed by atoms with Crippen LogP contribution in [0.2, 0.25) is 0 Å². The van der Waals surface area contributed by atoms with E-state index in [0.29, 0.717) is 44.0 Å². The van der Waals surface area contributed by atoms with Gasteiger partial charge in [0.05, 0.1) is 12.1 Å². The zero-order valence-corrected chi connectivity index (χ0v) is 15.5. The van der Waals surface area contributed by atoms with Crippen LogP contribution in [0.25, 0.3) is 0 Å². The lowest BCUT2D eigenvalue weighted by atomic mass is 10.2. The second-order valence-corrected chi connectivity index (χ2v) is 6.47. The van der Waals surface area contributed by atoms with Crippen molar-refractivity contribution in [1.82, 2.24) is 9.80 Å². The number of nitrogens with zero attached hydrogens (tertiary/aromatic N) is 3. The summed E-state index contributed by atoms with van der Waals surface area (Å²) in [6.45, 7) is 2.53. The lowest BCUT2D eigenvalue weighted by molar-refractivity contribution is -0.135. The van der Waals surface area contributed by atoms with Crippen molar-refractivity contribution in [2.45, 2.75) is 0 Å². The average molecular weight is 378 g/mol. The molecule has 7 nitrogen and oxygen atoms in total. The molecule has 1 fully saturated rings. The maximum Gasteiger partial charge on any atom is 0.260 e. The van der Waals surface area contributed by atoms with E-state index in [1.807, 2.05) is 41.3 Å². The van der Waals surface area contributed by atoms with E-state index in [4.69, 9.17) is 10.00 Å². The Hall–Kier alpha value is -3.37. The minimum absolute atomic E-state index is 0.0672. The number of para-hydroxylation sites is 2. The molecule has 2 amide bonds. The maximum atomic E-state index is 12.4. The number of nitrogens with one attached hydrogen (secondary N) is 1. The minimum Gasteiger partial charge on any atom is -0.482 e. The van der Waals surface area contributed by atoms with Crippen molar-refractivity contribution in [3.63, 3.8) is 0 Å². The van der Waals surface area contributed by atoms with E-state index in [-0.39, 0.29) is 18.4 Å². The largest absolute Gasteiger partial charge is 0.482 e. The topological polar surface area (TPSA) is 85.7 Å². The number of benzene rings is 2. The van der Waals surface area contributed by atoms with Gasteiger partial charge in [-0.3, -0.25) is 14.5 Å². The third-order valence-corrected chi connectivity index (χ3v) is 4.51. The summed E-state index contributed by atoms with van der Waals surface area (Å²) >= 11 is 0. The molecule has 1 heterocycles. The van der Waals surface area contributed by atoms with E-state index in [2.05, 4.69) is 5.32 Å². The Morgan fingerprint density at radius 2 is 1.68 bits per heavy atom. The fourth-order valence-electron chi connectivity index (χ4n) is 3.00. The predicted molar refractivity (Wildman–Crippen MR) is 105 cm³/mol. The third-order valence-electron chi connectivity index (χ3n) is 4.51. The lowest BCUT2D eigenvalue weighted by Gasteiger charge is -2.34. The first-order valence-electron chi connectivity index (χ1n) is 9.12. The molecule has 144 valence electrons. The molecule has 0 radical (unpaired) electrons. The Labute approximate surface area is 164 Å². The van der Waals surface area contributed by atoms with Crippen LogP contribution < -0.4 is 10.1 Å². The molecular formula is C21H22N4O3. The summed E-state index contributed by atoms with van der Waals surface area (Å²) in [5, 5.41) is 11.9. The number of carbonyl (C=O) groups is 2. The summed E-state index contributed by atoms with van der Waals surface area (Å²) in [7, 11) is 0. The Kier molecular flexibility index (Phi) is 6.60. The smallest absolute Gasteiger partial charge is 0.260 e. The monoisotopic (exact) mass is 378 g/mol. The van der Waals surface area contributed by atoms with E-state index in [0.717, 1.165) is 5.69 Å². The fraction of sp³-hybridized carbons (Fsp3) is 0.286. The number of hydrogen-bond acceptors (Lipinski definition) is 5. The van der Waals surface area contributed by atoms with Crippen LogP contribution in [0.15, 0.2) is 54.6 Å². The Morgan fingerprint density at radius 3 is 2.39 bits per heavy atom. The SMILES string of the molecule is N#Cc1ccccc1OCC(=O)N1CCN(CC(=O)Nc2ccccc2)CC1. The van der Waals surface area contributed by atoms with Gasteiger partial charge in [0.25, 0.3) is 5.91 Å². The molecule has 0 bridgehead atoms. The fourth-order valence-corrected chi connectivity index (χ4v) is 3.00. The highest BCUT2D eigenvalue weighted by atomic mass is 16.5. The molecule has 3 rings (SSSR count). The highest BCUT2D eigenvalue weighted by molar-refractivity contribution is 5.92. The van der Waals surface area contributed by atoms with Gasteiger partial charge in [0, 0.05) is 31.9 Å². The second-order valence-electron chi connectivity index (χ2n) is 6.47. The maximum absolute atomic E-state index is 12.4. The molecule has 0 saturated carbocycles. The standard InChI is InChI=1S/C21H22N4O3/c22-14-17-6-4-5-9-19(17)28-16-21(27)25-12-10-24(11-13-25)15-20(26)23-18-7-2-1-3-8-18/h1-9H,10-13,15-16H2,(H,23,26). The van der Waals surface area contributed by atoms with Crippen molar-refractivity contribution < 1.29 is 14.3 Å². The highest BCUT2D eigenvalue weighted by Gasteiger charge is 2.23. The van der Waals surface area contributed by atoms with Crippen molar-refractivity contribution in [3.05, 3.63) is 60.2 Å². The molecule has 0 atom stereocenters. The molecule has 1 N–H and O–H groups in total. The van der Waals surface area contributed by atoms with Gasteiger partial charge in [0.15, 0.2) is 6.61 Å². The zero-order valence-electron chi connectivity index (χ0n) is 15.5. The van der Waals surface area contributed by atoms with Crippen molar-refractivity contribution in [2.24, 2.45) is 0 Å². The van der Waals surface area contributed by atoms with Crippen LogP contribution in [-0.2, 0) is 9.59 Å². The van der Waals surface area contributed by atoms with Gasteiger partial charge in [-0.15, -0.1) is 0 Å². The Bertz CT molecular complexity index is 855. The molecule has 0 unspecified atom stereocenters. The second kappa shape index (κ2) is 9.53. The first-order chi connectivity index (χ1) is 13.7. The highest BCUT2D eigenvalue weighted by Crippen LogP contribution is 2.16. The summed E-state index contributed by atoms with van der Waals surface area (Å²) in [6, 6.07) is 18.2. The molecule has 0 aliphatic carbocycles. The van der Waals surface area contributed by atoms with E-state index < -0.39 is 0 Å². The normalized spacial score (nSPS) is 14.2. The molecule has 1 aliphatic heterocycles. The molecule has 0 aromatic heterocycles. The van der Waals surface area contributed by atoms with Gasteiger partial charge >= 0.3 is 0 Å². The molecule has 1 aliphatic rings. The number of ether oxygens (including phenoxy) is 1. The number of piperazine rings is 1. The van der Waals surface area contributed by atoms with Crippen LogP contribution in [0.4, 0.5) is 5.69 Å². The molecule has 7 heteroatoms. The van der Waals surface area contributed by atoms with Crippen molar-refractivity contribution in [3.8, 4) is 11.8 Å². The van der Waals surface area contributed by atoms with Gasteiger partial charge in [-0.2, -0.15) is 5.26 Å². The number of anilines is 1. The third kappa shape index (κ3) is 5.32. The van der Waals surface area contributed by atoms with Crippen LogP contribution in [-0.4, -0.2) is 60.9 Å². The molecular weight excluding hydrogens is 356 g/mol.